The van der Waals surface area contributed by atoms with Gasteiger partial charge in [0.15, 0.2) is 0 Å². The van der Waals surface area contributed by atoms with Gasteiger partial charge in [-0.3, -0.25) is 4.79 Å². The summed E-state index contributed by atoms with van der Waals surface area (Å²) >= 11 is 0. The maximum absolute atomic E-state index is 13.2. The quantitative estimate of drug-likeness (QED) is 0.793. The summed E-state index contributed by atoms with van der Waals surface area (Å²) < 4.78 is 5.69. The highest BCUT2D eigenvalue weighted by molar-refractivity contribution is 5.88. The lowest BCUT2D eigenvalue weighted by Gasteiger charge is -2.34. The summed E-state index contributed by atoms with van der Waals surface area (Å²) in [5, 5.41) is 1.09. The molecule has 2 aliphatic carbocycles. The first kappa shape index (κ1) is 15.7. The van der Waals surface area contributed by atoms with Gasteiger partial charge >= 0.3 is 0 Å². The van der Waals surface area contributed by atoms with Crippen molar-refractivity contribution in [3.63, 3.8) is 0 Å². The zero-order valence-electron chi connectivity index (χ0n) is 14.6. The van der Waals surface area contributed by atoms with Gasteiger partial charge in [-0.05, 0) is 44.2 Å². The molecule has 3 heteroatoms. The minimum absolute atomic E-state index is 0.303. The molecule has 0 spiro atoms. The lowest BCUT2D eigenvalue weighted by atomic mass is 10.0. The molecule has 0 N–H and O–H groups in total. The number of carbonyl (C=O) groups excluding carboxylic acids is 1. The number of nitrogens with zero attached hydrogens (tertiary/aromatic N) is 1. The van der Waals surface area contributed by atoms with Gasteiger partial charge in [0, 0.05) is 23.0 Å². The van der Waals surface area contributed by atoms with Gasteiger partial charge in [-0.15, -0.1) is 0 Å². The molecule has 0 aliphatic heterocycles. The van der Waals surface area contributed by atoms with Gasteiger partial charge in [0.1, 0.15) is 5.58 Å². The first-order valence-electron chi connectivity index (χ1n) is 9.50. The Bertz CT molecular complexity index is 705. The lowest BCUT2D eigenvalue weighted by Crippen LogP contribution is -2.45. The molecule has 0 saturated heterocycles. The van der Waals surface area contributed by atoms with E-state index in [2.05, 4.69) is 30.0 Å². The second-order valence-corrected chi connectivity index (χ2v) is 7.61. The highest BCUT2D eigenvalue weighted by Crippen LogP contribution is 2.33. The van der Waals surface area contributed by atoms with Crippen LogP contribution in [0.25, 0.3) is 11.0 Å². The number of benzene rings is 1. The lowest BCUT2D eigenvalue weighted by molar-refractivity contribution is -0.135. The summed E-state index contributed by atoms with van der Waals surface area (Å²) in [7, 11) is 0. The fourth-order valence-electron chi connectivity index (χ4n) is 4.65. The Kier molecular flexibility index (Phi) is 4.34. The van der Waals surface area contributed by atoms with E-state index >= 15 is 0 Å². The Morgan fingerprint density at radius 1 is 1.08 bits per heavy atom. The van der Waals surface area contributed by atoms with E-state index in [0.717, 1.165) is 16.5 Å². The molecule has 24 heavy (non-hydrogen) atoms. The molecular formula is C21H27NO2. The summed E-state index contributed by atoms with van der Waals surface area (Å²) in [4.78, 5) is 15.5. The van der Waals surface area contributed by atoms with Crippen molar-refractivity contribution >= 4 is 16.9 Å². The number of carbonyl (C=O) groups is 1. The first-order valence-corrected chi connectivity index (χ1v) is 9.50. The van der Waals surface area contributed by atoms with Crippen molar-refractivity contribution in [3.8, 4) is 0 Å². The minimum atomic E-state index is 0.303. The fourth-order valence-corrected chi connectivity index (χ4v) is 4.65. The summed E-state index contributed by atoms with van der Waals surface area (Å²) in [6.07, 6.45) is 12.1. The van der Waals surface area contributed by atoms with Crippen LogP contribution in [0, 0.1) is 6.92 Å². The van der Waals surface area contributed by atoms with Crippen LogP contribution in [0.4, 0.5) is 0 Å². The molecule has 1 amide bonds. The van der Waals surface area contributed by atoms with Gasteiger partial charge in [-0.2, -0.15) is 0 Å². The molecule has 0 unspecified atom stereocenters. The largest absolute Gasteiger partial charge is 0.464 e. The Balaban J connectivity index is 1.57. The number of aryl methyl sites for hydroxylation is 1. The predicted molar refractivity (Wildman–Crippen MR) is 96.0 cm³/mol. The van der Waals surface area contributed by atoms with Gasteiger partial charge < -0.3 is 9.32 Å². The fraction of sp³-hybridized carbons (Fsp3) is 0.571. The average molecular weight is 325 g/mol. The molecule has 2 fully saturated rings. The van der Waals surface area contributed by atoms with Gasteiger partial charge in [-0.1, -0.05) is 37.8 Å². The number of rotatable bonds is 4. The molecule has 3 nitrogen and oxygen atoms in total. The van der Waals surface area contributed by atoms with Crippen molar-refractivity contribution < 1.29 is 9.21 Å². The predicted octanol–water partition coefficient (Wildman–Crippen LogP) is 5.00. The maximum atomic E-state index is 13.2. The Morgan fingerprint density at radius 2 is 1.71 bits per heavy atom. The van der Waals surface area contributed by atoms with Crippen LogP contribution in [-0.4, -0.2) is 22.9 Å². The van der Waals surface area contributed by atoms with Crippen LogP contribution in [0.3, 0.4) is 0 Å². The first-order chi connectivity index (χ1) is 11.7. The second kappa shape index (κ2) is 6.62. The van der Waals surface area contributed by atoms with Crippen LogP contribution >= 0.6 is 0 Å². The topological polar surface area (TPSA) is 33.5 Å². The van der Waals surface area contributed by atoms with E-state index in [1.54, 1.807) is 6.26 Å². The summed E-state index contributed by atoms with van der Waals surface area (Å²) in [6.45, 7) is 2.06. The van der Waals surface area contributed by atoms with Crippen LogP contribution in [0.15, 0.2) is 28.9 Å². The molecule has 2 aliphatic rings. The number of hydrogen-bond acceptors (Lipinski definition) is 2. The van der Waals surface area contributed by atoms with Crippen molar-refractivity contribution in [3.05, 3.63) is 35.6 Å². The summed E-state index contributed by atoms with van der Waals surface area (Å²) in [5.74, 6) is 0.303. The normalized spacial score (nSPS) is 19.4. The van der Waals surface area contributed by atoms with Crippen LogP contribution in [-0.2, 0) is 11.2 Å². The smallest absolute Gasteiger partial charge is 0.227 e. The standard InChI is InChI=1S/C21H27NO2/c1-15-10-11-19-16(14-24-20(19)12-15)13-21(23)22(17-6-2-3-7-17)18-8-4-5-9-18/h10-12,14,17-18H,2-9,13H2,1H3. The third kappa shape index (κ3) is 2.97. The number of amides is 1. The molecule has 0 bridgehead atoms. The van der Waals surface area contributed by atoms with Gasteiger partial charge in [0.2, 0.25) is 5.91 Å². The van der Waals surface area contributed by atoms with E-state index in [1.807, 2.05) is 0 Å². The van der Waals surface area contributed by atoms with Crippen LogP contribution < -0.4 is 0 Å². The third-order valence-electron chi connectivity index (χ3n) is 5.88. The maximum Gasteiger partial charge on any atom is 0.227 e. The Hall–Kier alpha value is -1.77. The van der Waals surface area contributed by atoms with Crippen LogP contribution in [0.5, 0.6) is 0 Å². The molecule has 0 radical (unpaired) electrons. The highest BCUT2D eigenvalue weighted by atomic mass is 16.3. The summed E-state index contributed by atoms with van der Waals surface area (Å²) in [5.41, 5.74) is 3.12. The molecule has 1 heterocycles. The van der Waals surface area contributed by atoms with Crippen molar-refractivity contribution in [1.29, 1.82) is 0 Å². The van der Waals surface area contributed by atoms with Gasteiger partial charge in [0.25, 0.3) is 0 Å². The Labute approximate surface area is 144 Å². The van der Waals surface area contributed by atoms with E-state index in [-0.39, 0.29) is 0 Å². The van der Waals surface area contributed by atoms with E-state index in [9.17, 15) is 4.79 Å². The van der Waals surface area contributed by atoms with E-state index < -0.39 is 0 Å². The molecule has 4 rings (SSSR count). The minimum Gasteiger partial charge on any atom is -0.464 e. The van der Waals surface area contributed by atoms with Crippen LogP contribution in [0.2, 0.25) is 0 Å². The molecule has 128 valence electrons. The highest BCUT2D eigenvalue weighted by Gasteiger charge is 2.34. The molecular weight excluding hydrogens is 298 g/mol. The zero-order valence-corrected chi connectivity index (χ0v) is 14.6. The number of furan rings is 1. The van der Waals surface area contributed by atoms with Gasteiger partial charge in [-0.25, -0.2) is 0 Å². The van der Waals surface area contributed by atoms with Crippen LogP contribution in [0.1, 0.15) is 62.5 Å². The van der Waals surface area contributed by atoms with Crippen molar-refractivity contribution in [2.45, 2.75) is 76.8 Å². The zero-order chi connectivity index (χ0) is 16.5. The molecule has 1 aromatic heterocycles. The number of hydrogen-bond donors (Lipinski definition) is 0. The van der Waals surface area contributed by atoms with E-state index in [0.29, 0.717) is 24.4 Å². The third-order valence-corrected chi connectivity index (χ3v) is 5.88. The molecule has 1 aromatic carbocycles. The monoisotopic (exact) mass is 325 g/mol. The summed E-state index contributed by atoms with van der Waals surface area (Å²) in [6, 6.07) is 7.18. The SMILES string of the molecule is Cc1ccc2c(CC(=O)N(C3CCCC3)C3CCCC3)coc2c1. The Morgan fingerprint density at radius 3 is 2.33 bits per heavy atom. The average Bonchev–Trinajstić information content (AvgIpc) is 3.30. The van der Waals surface area contributed by atoms with E-state index in [4.69, 9.17) is 4.42 Å². The molecule has 2 aromatic rings. The number of fused-ring (bicyclic) bond motifs is 1. The van der Waals surface area contributed by atoms with Gasteiger partial charge in [0.05, 0.1) is 12.7 Å². The van der Waals surface area contributed by atoms with Crippen molar-refractivity contribution in [2.24, 2.45) is 0 Å². The van der Waals surface area contributed by atoms with E-state index in [1.165, 1.54) is 56.9 Å². The van der Waals surface area contributed by atoms with Crippen molar-refractivity contribution in [2.75, 3.05) is 0 Å². The second-order valence-electron chi connectivity index (χ2n) is 7.61. The molecule has 2 saturated carbocycles. The van der Waals surface area contributed by atoms with Crippen molar-refractivity contribution in [1.82, 2.24) is 4.90 Å². The molecule has 0 atom stereocenters.